The minimum atomic E-state index is -1.20. The van der Waals surface area contributed by atoms with E-state index < -0.39 is 10.8 Å². The number of aryl methyl sites for hydroxylation is 1. The molecule has 0 spiro atoms. The summed E-state index contributed by atoms with van der Waals surface area (Å²) in [4.78, 5) is 11.8. The van der Waals surface area contributed by atoms with Crippen LogP contribution in [0.5, 0.6) is 0 Å². The van der Waals surface area contributed by atoms with Crippen LogP contribution in [0, 0.1) is 6.92 Å². The first-order chi connectivity index (χ1) is 10.6. The minimum Gasteiger partial charge on any atom is -0.325 e. The van der Waals surface area contributed by atoms with Gasteiger partial charge >= 0.3 is 0 Å². The molecule has 0 fully saturated rings. The fourth-order valence-corrected chi connectivity index (χ4v) is 2.69. The Morgan fingerprint density at radius 1 is 1.09 bits per heavy atom. The van der Waals surface area contributed by atoms with E-state index in [9.17, 15) is 9.00 Å². The third-order valence-corrected chi connectivity index (χ3v) is 4.17. The summed E-state index contributed by atoms with van der Waals surface area (Å²) in [5, 5.41) is 2.75. The maximum absolute atomic E-state index is 11.9. The smallest absolute Gasteiger partial charge is 0.237 e. The lowest BCUT2D eigenvalue weighted by atomic mass is 10.2. The summed E-state index contributed by atoms with van der Waals surface area (Å²) in [6, 6.07) is 17.3. The lowest BCUT2D eigenvalue weighted by Crippen LogP contribution is -2.20. The van der Waals surface area contributed by atoms with Crippen LogP contribution in [0.15, 0.2) is 60.7 Å². The fraction of sp³-hybridized carbons (Fsp3) is 0.167. The summed E-state index contributed by atoms with van der Waals surface area (Å²) >= 11 is 0. The van der Waals surface area contributed by atoms with E-state index in [2.05, 4.69) is 5.32 Å². The predicted molar refractivity (Wildman–Crippen MR) is 93.2 cm³/mol. The number of carbonyl (C=O) groups excluding carboxylic acids is 1. The number of rotatable bonds is 6. The van der Waals surface area contributed by atoms with Crippen molar-refractivity contribution in [3.8, 4) is 0 Å². The van der Waals surface area contributed by atoms with Crippen LogP contribution in [-0.2, 0) is 15.6 Å². The number of hydrogen-bond donors (Lipinski definition) is 1. The maximum Gasteiger partial charge on any atom is 0.237 e. The van der Waals surface area contributed by atoms with Gasteiger partial charge in [0, 0.05) is 22.2 Å². The van der Waals surface area contributed by atoms with Gasteiger partial charge in [-0.25, -0.2) is 0 Å². The van der Waals surface area contributed by atoms with Gasteiger partial charge in [0.25, 0.3) is 0 Å². The van der Waals surface area contributed by atoms with Gasteiger partial charge in [-0.2, -0.15) is 0 Å². The normalized spacial score (nSPS) is 12.2. The number of carbonyl (C=O) groups is 1. The Morgan fingerprint density at radius 3 is 2.45 bits per heavy atom. The molecule has 2 aromatic rings. The molecule has 3 nitrogen and oxygen atoms in total. The summed E-state index contributed by atoms with van der Waals surface area (Å²) in [7, 11) is -1.20. The first kappa shape index (κ1) is 16.2. The second kappa shape index (κ2) is 8.29. The highest BCUT2D eigenvalue weighted by atomic mass is 32.2. The van der Waals surface area contributed by atoms with Crippen molar-refractivity contribution in [2.45, 2.75) is 6.92 Å². The van der Waals surface area contributed by atoms with Gasteiger partial charge in [-0.1, -0.05) is 60.2 Å². The SMILES string of the molecule is Cc1ccc(NC(=O)C[S@@](=O)C/C=C/c2ccccc2)cc1. The van der Waals surface area contributed by atoms with Gasteiger partial charge in [-0.3, -0.25) is 9.00 Å². The van der Waals surface area contributed by atoms with Crippen LogP contribution in [0.2, 0.25) is 0 Å². The molecule has 0 aliphatic rings. The maximum atomic E-state index is 11.9. The third-order valence-electron chi connectivity index (χ3n) is 3.02. The number of benzene rings is 2. The van der Waals surface area contributed by atoms with Crippen molar-refractivity contribution in [2.75, 3.05) is 16.8 Å². The lowest BCUT2D eigenvalue weighted by molar-refractivity contribution is -0.113. The Labute approximate surface area is 133 Å². The van der Waals surface area contributed by atoms with Crippen molar-refractivity contribution in [2.24, 2.45) is 0 Å². The monoisotopic (exact) mass is 313 g/mol. The molecule has 114 valence electrons. The highest BCUT2D eigenvalue weighted by Gasteiger charge is 2.07. The average molecular weight is 313 g/mol. The van der Waals surface area contributed by atoms with Gasteiger partial charge in [0.05, 0.1) is 0 Å². The highest BCUT2D eigenvalue weighted by Crippen LogP contribution is 2.08. The van der Waals surface area contributed by atoms with Crippen LogP contribution in [0.3, 0.4) is 0 Å². The summed E-state index contributed by atoms with van der Waals surface area (Å²) in [6.07, 6.45) is 3.75. The quantitative estimate of drug-likeness (QED) is 0.888. The molecule has 0 unspecified atom stereocenters. The Hall–Kier alpha value is -2.20. The van der Waals surface area contributed by atoms with E-state index in [1.807, 2.05) is 73.7 Å². The minimum absolute atomic E-state index is 0.00695. The standard InChI is InChI=1S/C18H19NO2S/c1-15-9-11-17(12-10-15)19-18(20)14-22(21)13-5-8-16-6-3-2-4-7-16/h2-12H,13-14H2,1H3,(H,19,20)/b8-5+/t22-/m0/s1. The molecule has 1 N–H and O–H groups in total. The van der Waals surface area contributed by atoms with Crippen LogP contribution in [0.1, 0.15) is 11.1 Å². The molecular formula is C18H19NO2S. The van der Waals surface area contributed by atoms with Gasteiger partial charge < -0.3 is 5.32 Å². The fourth-order valence-electron chi connectivity index (χ4n) is 1.89. The van der Waals surface area contributed by atoms with Crippen molar-refractivity contribution >= 4 is 28.5 Å². The van der Waals surface area contributed by atoms with Crippen LogP contribution in [-0.4, -0.2) is 21.6 Å². The first-order valence-corrected chi connectivity index (χ1v) is 8.55. The second-order valence-corrected chi connectivity index (χ2v) is 6.48. The number of anilines is 1. The molecule has 0 aromatic heterocycles. The van der Waals surface area contributed by atoms with Gasteiger partial charge in [-0.15, -0.1) is 0 Å². The topological polar surface area (TPSA) is 46.2 Å². The molecule has 2 rings (SSSR count). The van der Waals surface area contributed by atoms with E-state index in [0.717, 1.165) is 16.8 Å². The molecular weight excluding hydrogens is 294 g/mol. The zero-order valence-electron chi connectivity index (χ0n) is 12.5. The summed E-state index contributed by atoms with van der Waals surface area (Å²) in [5.74, 6) is 0.152. The zero-order valence-corrected chi connectivity index (χ0v) is 13.3. The summed E-state index contributed by atoms with van der Waals surface area (Å²) in [6.45, 7) is 1.99. The Morgan fingerprint density at radius 2 is 1.77 bits per heavy atom. The molecule has 1 atom stereocenters. The number of amides is 1. The van der Waals surface area contributed by atoms with Crippen molar-refractivity contribution in [3.63, 3.8) is 0 Å². The Kier molecular flexibility index (Phi) is 6.10. The molecule has 4 heteroatoms. The van der Waals surface area contributed by atoms with Crippen LogP contribution < -0.4 is 5.32 Å². The van der Waals surface area contributed by atoms with Crippen molar-refractivity contribution in [3.05, 3.63) is 71.8 Å². The van der Waals surface area contributed by atoms with E-state index in [4.69, 9.17) is 0 Å². The van der Waals surface area contributed by atoms with Crippen LogP contribution >= 0.6 is 0 Å². The molecule has 0 aliphatic carbocycles. The third kappa shape index (κ3) is 5.66. The van der Waals surface area contributed by atoms with Crippen LogP contribution in [0.25, 0.3) is 6.08 Å². The van der Waals surface area contributed by atoms with Crippen molar-refractivity contribution < 1.29 is 9.00 Å². The Balaban J connectivity index is 1.78. The van der Waals surface area contributed by atoms with E-state index in [1.54, 1.807) is 0 Å². The summed E-state index contributed by atoms with van der Waals surface area (Å²) in [5.41, 5.74) is 2.92. The molecule has 0 saturated heterocycles. The number of nitrogens with one attached hydrogen (secondary N) is 1. The van der Waals surface area contributed by atoms with E-state index >= 15 is 0 Å². The predicted octanol–water partition coefficient (Wildman–Crippen LogP) is 3.40. The number of hydrogen-bond acceptors (Lipinski definition) is 2. The average Bonchev–Trinajstić information content (AvgIpc) is 2.50. The second-order valence-electron chi connectivity index (χ2n) is 4.98. The van der Waals surface area contributed by atoms with Gasteiger partial charge in [0.2, 0.25) is 5.91 Å². The molecule has 2 aromatic carbocycles. The largest absolute Gasteiger partial charge is 0.325 e. The molecule has 22 heavy (non-hydrogen) atoms. The molecule has 0 radical (unpaired) electrons. The van der Waals surface area contributed by atoms with E-state index in [1.165, 1.54) is 0 Å². The van der Waals surface area contributed by atoms with Crippen molar-refractivity contribution in [1.82, 2.24) is 0 Å². The Bertz CT molecular complexity index is 663. The van der Waals surface area contributed by atoms with Crippen molar-refractivity contribution in [1.29, 1.82) is 0 Å². The van der Waals surface area contributed by atoms with Crippen LogP contribution in [0.4, 0.5) is 5.69 Å². The van der Waals surface area contributed by atoms with Gasteiger partial charge in [0.1, 0.15) is 5.75 Å². The highest BCUT2D eigenvalue weighted by molar-refractivity contribution is 7.85. The lowest BCUT2D eigenvalue weighted by Gasteiger charge is -2.04. The van der Waals surface area contributed by atoms with Gasteiger partial charge in [-0.05, 0) is 24.6 Å². The summed E-state index contributed by atoms with van der Waals surface area (Å²) < 4.78 is 11.9. The molecule has 0 heterocycles. The first-order valence-electron chi connectivity index (χ1n) is 7.06. The molecule has 1 amide bonds. The van der Waals surface area contributed by atoms with E-state index in [0.29, 0.717) is 5.75 Å². The molecule has 0 aliphatic heterocycles. The zero-order chi connectivity index (χ0) is 15.8. The van der Waals surface area contributed by atoms with Gasteiger partial charge in [0.15, 0.2) is 0 Å². The molecule has 0 saturated carbocycles. The van der Waals surface area contributed by atoms with E-state index in [-0.39, 0.29) is 11.7 Å². The molecule has 0 bridgehead atoms.